The molecule has 2 aromatic rings. The fraction of sp³-hybridized carbons (Fsp3) is 0.571. The molecule has 0 aromatic carbocycles. The number of halogens is 2. The van der Waals surface area contributed by atoms with E-state index in [4.69, 9.17) is 0 Å². The Morgan fingerprint density at radius 2 is 2.14 bits per heavy atom. The molecule has 8 heteroatoms. The van der Waals surface area contributed by atoms with E-state index in [0.717, 1.165) is 17.8 Å². The van der Waals surface area contributed by atoms with E-state index in [2.05, 4.69) is 15.3 Å². The molecule has 0 unspecified atom stereocenters. The van der Waals surface area contributed by atoms with E-state index in [0.29, 0.717) is 23.7 Å². The van der Waals surface area contributed by atoms with Crippen molar-refractivity contribution < 1.29 is 13.6 Å². The van der Waals surface area contributed by atoms with E-state index < -0.39 is 6.43 Å². The molecule has 29 heavy (non-hydrogen) atoms. The Bertz CT molecular complexity index is 891. The van der Waals surface area contributed by atoms with E-state index in [1.54, 1.807) is 4.90 Å². The van der Waals surface area contributed by atoms with Gasteiger partial charge in [-0.2, -0.15) is 0 Å². The summed E-state index contributed by atoms with van der Waals surface area (Å²) in [5.74, 6) is 0.205. The van der Waals surface area contributed by atoms with Crippen LogP contribution >= 0.6 is 11.3 Å². The predicted octanol–water partition coefficient (Wildman–Crippen LogP) is 5.54. The predicted molar refractivity (Wildman–Crippen MR) is 113 cm³/mol. The molecule has 0 spiro atoms. The van der Waals surface area contributed by atoms with Gasteiger partial charge >= 0.3 is 0 Å². The average Bonchev–Trinajstić information content (AvgIpc) is 3.26. The van der Waals surface area contributed by atoms with Gasteiger partial charge in [0.1, 0.15) is 11.5 Å². The molecule has 158 valence electrons. The van der Waals surface area contributed by atoms with Gasteiger partial charge < -0.3 is 10.2 Å². The van der Waals surface area contributed by atoms with Crippen LogP contribution in [-0.4, -0.2) is 38.9 Å². The van der Waals surface area contributed by atoms with Crippen molar-refractivity contribution in [2.75, 3.05) is 11.9 Å². The number of aromatic nitrogens is 2. The summed E-state index contributed by atoms with van der Waals surface area (Å²) in [6.45, 7) is 10.4. The van der Waals surface area contributed by atoms with E-state index >= 15 is 0 Å². The van der Waals surface area contributed by atoms with E-state index in [9.17, 15) is 13.6 Å². The van der Waals surface area contributed by atoms with Gasteiger partial charge in [-0.05, 0) is 53.0 Å². The van der Waals surface area contributed by atoms with Gasteiger partial charge in [0.25, 0.3) is 12.3 Å². The third kappa shape index (κ3) is 4.74. The summed E-state index contributed by atoms with van der Waals surface area (Å²) in [4.78, 5) is 24.3. The average molecular weight is 423 g/mol. The topological polar surface area (TPSA) is 58.1 Å². The number of alkyl halides is 2. The molecule has 0 bridgehead atoms. The Morgan fingerprint density at radius 1 is 1.41 bits per heavy atom. The van der Waals surface area contributed by atoms with E-state index in [1.807, 2.05) is 34.6 Å². The molecule has 1 aliphatic heterocycles. The zero-order chi connectivity index (χ0) is 21.3. The molecule has 3 heterocycles. The van der Waals surface area contributed by atoms with Crippen LogP contribution in [0.15, 0.2) is 12.3 Å². The van der Waals surface area contributed by atoms with Gasteiger partial charge in [0.15, 0.2) is 0 Å². The van der Waals surface area contributed by atoms with E-state index in [1.165, 1.54) is 23.6 Å². The fourth-order valence-corrected chi connectivity index (χ4v) is 4.53. The van der Waals surface area contributed by atoms with Gasteiger partial charge in [0.2, 0.25) is 0 Å². The fourth-order valence-electron chi connectivity index (χ4n) is 3.51. The lowest BCUT2D eigenvalue weighted by molar-refractivity contribution is 0.0742. The molecule has 1 saturated heterocycles. The molecular formula is C21H28F2N4OS. The van der Waals surface area contributed by atoms with Crippen LogP contribution in [0.1, 0.15) is 74.9 Å². The summed E-state index contributed by atoms with van der Waals surface area (Å²) in [6, 6.07) is 1.51. The molecule has 1 N–H and O–H groups in total. The summed E-state index contributed by atoms with van der Waals surface area (Å²) >= 11 is 1.30. The molecule has 2 aromatic heterocycles. The zero-order valence-corrected chi connectivity index (χ0v) is 18.4. The van der Waals surface area contributed by atoms with Gasteiger partial charge in [-0.3, -0.25) is 4.79 Å². The summed E-state index contributed by atoms with van der Waals surface area (Å²) in [5, 5.41) is 3.88. The van der Waals surface area contributed by atoms with Crippen LogP contribution in [0.3, 0.4) is 0 Å². The molecular weight excluding hydrogens is 394 g/mol. The third-order valence-electron chi connectivity index (χ3n) is 4.91. The van der Waals surface area contributed by atoms with Crippen molar-refractivity contribution in [3.8, 4) is 10.4 Å². The number of nitrogens with zero attached hydrogens (tertiary/aromatic N) is 3. The molecule has 3 rings (SSSR count). The standard InChI is InChI=1S/C21H28F2N4OS/c1-6-16-25-17(20(28)27-9-7-8-12(27)2)18(29-16)14-11-24-15(26-21(3,4)5)10-13(14)19(22)23/h10-12,19H,6-9H2,1-5H3,(H,24,26)/t12-/m0/s1. The number of amides is 1. The molecule has 1 atom stereocenters. The molecule has 0 radical (unpaired) electrons. The number of hydrogen-bond acceptors (Lipinski definition) is 5. The SMILES string of the molecule is CCc1nc(C(=O)N2CCC[C@@H]2C)c(-c2cnc(NC(C)(C)C)cc2C(F)F)s1. The molecule has 0 aliphatic carbocycles. The quantitative estimate of drug-likeness (QED) is 0.687. The lowest BCUT2D eigenvalue weighted by atomic mass is 10.1. The number of anilines is 1. The number of hydrogen-bond donors (Lipinski definition) is 1. The first-order valence-corrected chi connectivity index (χ1v) is 10.8. The molecule has 1 amide bonds. The van der Waals surface area contributed by atoms with Crippen molar-refractivity contribution in [1.82, 2.24) is 14.9 Å². The van der Waals surface area contributed by atoms with Gasteiger partial charge in [0, 0.05) is 35.4 Å². The molecule has 1 aliphatic rings. The Morgan fingerprint density at radius 3 is 2.69 bits per heavy atom. The van der Waals surface area contributed by atoms with Crippen LogP contribution in [-0.2, 0) is 6.42 Å². The minimum atomic E-state index is -2.69. The second-order valence-corrected chi connectivity index (χ2v) is 9.54. The highest BCUT2D eigenvalue weighted by Crippen LogP contribution is 2.39. The Labute approximate surface area is 174 Å². The summed E-state index contributed by atoms with van der Waals surface area (Å²) in [5.41, 5.74) is 0.107. The minimum Gasteiger partial charge on any atom is -0.365 e. The number of thiazole rings is 1. The Balaban J connectivity index is 2.08. The smallest absolute Gasteiger partial charge is 0.274 e. The molecule has 0 saturated carbocycles. The zero-order valence-electron chi connectivity index (χ0n) is 17.6. The third-order valence-corrected chi connectivity index (χ3v) is 6.14. The van der Waals surface area contributed by atoms with Crippen LogP contribution in [0.25, 0.3) is 10.4 Å². The Kier molecular flexibility index (Phi) is 6.22. The van der Waals surface area contributed by atoms with E-state index in [-0.39, 0.29) is 34.3 Å². The van der Waals surface area contributed by atoms with Gasteiger partial charge in [0.05, 0.1) is 9.88 Å². The first kappa shape index (κ1) is 21.6. The second-order valence-electron chi connectivity index (χ2n) is 8.46. The van der Waals surface area contributed by atoms with Crippen LogP contribution in [0.2, 0.25) is 0 Å². The van der Waals surface area contributed by atoms with Crippen molar-refractivity contribution in [2.45, 2.75) is 71.9 Å². The number of carbonyl (C=O) groups excluding carboxylic acids is 1. The minimum absolute atomic E-state index is 0.133. The first-order valence-electron chi connectivity index (χ1n) is 9.98. The molecule has 1 fully saturated rings. The maximum absolute atomic E-state index is 13.9. The number of pyridine rings is 1. The highest BCUT2D eigenvalue weighted by molar-refractivity contribution is 7.15. The van der Waals surface area contributed by atoms with Crippen molar-refractivity contribution in [3.05, 3.63) is 28.5 Å². The number of rotatable bonds is 5. The number of aryl methyl sites for hydroxylation is 1. The highest BCUT2D eigenvalue weighted by atomic mass is 32.1. The van der Waals surface area contributed by atoms with Crippen LogP contribution < -0.4 is 5.32 Å². The van der Waals surface area contributed by atoms with Crippen molar-refractivity contribution in [2.24, 2.45) is 0 Å². The Hall–Kier alpha value is -2.09. The summed E-state index contributed by atoms with van der Waals surface area (Å²) < 4.78 is 27.9. The largest absolute Gasteiger partial charge is 0.365 e. The van der Waals surface area contributed by atoms with Crippen LogP contribution in [0, 0.1) is 0 Å². The number of likely N-dealkylation sites (tertiary alicyclic amines) is 1. The lowest BCUT2D eigenvalue weighted by Crippen LogP contribution is -2.34. The lowest BCUT2D eigenvalue weighted by Gasteiger charge is -2.23. The number of nitrogens with one attached hydrogen (secondary N) is 1. The van der Waals surface area contributed by atoms with Gasteiger partial charge in [-0.15, -0.1) is 11.3 Å². The highest BCUT2D eigenvalue weighted by Gasteiger charge is 2.31. The van der Waals surface area contributed by atoms with Crippen molar-refractivity contribution in [3.63, 3.8) is 0 Å². The maximum Gasteiger partial charge on any atom is 0.274 e. The summed E-state index contributed by atoms with van der Waals surface area (Å²) in [6.07, 6.45) is 1.29. The van der Waals surface area contributed by atoms with Crippen molar-refractivity contribution in [1.29, 1.82) is 0 Å². The first-order chi connectivity index (χ1) is 13.6. The second kappa shape index (κ2) is 8.34. The monoisotopic (exact) mass is 422 g/mol. The maximum atomic E-state index is 13.9. The number of carbonyl (C=O) groups is 1. The van der Waals surface area contributed by atoms with Crippen molar-refractivity contribution >= 4 is 23.1 Å². The van der Waals surface area contributed by atoms with Gasteiger partial charge in [-0.25, -0.2) is 18.7 Å². The molecule has 5 nitrogen and oxygen atoms in total. The van der Waals surface area contributed by atoms with Crippen LogP contribution in [0.5, 0.6) is 0 Å². The van der Waals surface area contributed by atoms with Gasteiger partial charge in [-0.1, -0.05) is 6.92 Å². The van der Waals surface area contributed by atoms with Crippen LogP contribution in [0.4, 0.5) is 14.6 Å². The summed E-state index contributed by atoms with van der Waals surface area (Å²) in [7, 11) is 0. The normalized spacial score (nSPS) is 17.2.